The molecule has 32 heavy (non-hydrogen) atoms. The van der Waals surface area contributed by atoms with Gasteiger partial charge in [-0.3, -0.25) is 4.90 Å². The summed E-state index contributed by atoms with van der Waals surface area (Å²) in [5, 5.41) is 3.34. The van der Waals surface area contributed by atoms with Crippen molar-refractivity contribution in [3.8, 4) is 5.75 Å². The van der Waals surface area contributed by atoms with Gasteiger partial charge in [-0.15, -0.1) is 11.3 Å². The summed E-state index contributed by atoms with van der Waals surface area (Å²) in [7, 11) is -3.79. The number of hydrogen-bond acceptors (Lipinski definition) is 8. The van der Waals surface area contributed by atoms with E-state index in [2.05, 4.69) is 31.1 Å². The Morgan fingerprint density at radius 3 is 2.41 bits per heavy atom. The van der Waals surface area contributed by atoms with Crippen LogP contribution in [0.15, 0.2) is 29.6 Å². The molecule has 1 aromatic heterocycles. The van der Waals surface area contributed by atoms with Crippen LogP contribution in [0.1, 0.15) is 55.8 Å². The van der Waals surface area contributed by atoms with Crippen LogP contribution in [0.5, 0.6) is 5.75 Å². The topological polar surface area (TPSA) is 78.0 Å². The zero-order valence-corrected chi connectivity index (χ0v) is 20.6. The van der Waals surface area contributed by atoms with E-state index in [9.17, 15) is 8.42 Å². The SMILES string of the molecule is CC(C)(C)N1CCC(c2nc(COc3ccc(CC4COS(=O)(=O)OC4)cc3)cs2)CC1. The Morgan fingerprint density at radius 1 is 1.12 bits per heavy atom. The van der Waals surface area contributed by atoms with E-state index in [1.165, 1.54) is 5.01 Å². The van der Waals surface area contributed by atoms with Crippen LogP contribution >= 0.6 is 11.3 Å². The van der Waals surface area contributed by atoms with Crippen LogP contribution in [0, 0.1) is 5.92 Å². The molecule has 0 N–H and O–H groups in total. The highest BCUT2D eigenvalue weighted by Gasteiger charge is 2.29. The molecule has 0 radical (unpaired) electrons. The molecule has 2 aliphatic heterocycles. The Labute approximate surface area is 195 Å². The first-order chi connectivity index (χ1) is 15.2. The lowest BCUT2D eigenvalue weighted by Gasteiger charge is -2.40. The molecule has 0 unspecified atom stereocenters. The number of ether oxygens (including phenoxy) is 1. The molecule has 0 aliphatic carbocycles. The van der Waals surface area contributed by atoms with E-state index < -0.39 is 10.4 Å². The van der Waals surface area contributed by atoms with Crippen molar-refractivity contribution in [2.75, 3.05) is 26.3 Å². The Kier molecular flexibility index (Phi) is 7.21. The van der Waals surface area contributed by atoms with E-state index in [1.807, 2.05) is 24.3 Å². The first kappa shape index (κ1) is 23.6. The van der Waals surface area contributed by atoms with Crippen LogP contribution in [0.2, 0.25) is 0 Å². The third-order valence-corrected chi connectivity index (χ3v) is 8.00. The fraction of sp³-hybridized carbons (Fsp3) is 0.609. The van der Waals surface area contributed by atoms with Crippen LogP contribution in [0.3, 0.4) is 0 Å². The van der Waals surface area contributed by atoms with Crippen molar-refractivity contribution in [2.45, 2.75) is 58.1 Å². The van der Waals surface area contributed by atoms with Crippen molar-refractivity contribution in [2.24, 2.45) is 5.92 Å². The highest BCUT2D eigenvalue weighted by molar-refractivity contribution is 7.81. The number of hydrogen-bond donors (Lipinski definition) is 0. The minimum Gasteiger partial charge on any atom is -0.487 e. The Morgan fingerprint density at radius 2 is 1.78 bits per heavy atom. The summed E-state index contributed by atoms with van der Waals surface area (Å²) >= 11 is 1.75. The second kappa shape index (κ2) is 9.77. The first-order valence-corrected chi connectivity index (χ1v) is 13.3. The number of likely N-dealkylation sites (tertiary alicyclic amines) is 1. The number of aromatic nitrogens is 1. The van der Waals surface area contributed by atoms with Crippen LogP contribution < -0.4 is 4.74 Å². The van der Waals surface area contributed by atoms with Crippen molar-refractivity contribution in [3.63, 3.8) is 0 Å². The van der Waals surface area contributed by atoms with Gasteiger partial charge in [0, 0.05) is 22.8 Å². The van der Waals surface area contributed by atoms with Crippen LogP contribution in [-0.4, -0.2) is 50.1 Å². The van der Waals surface area contributed by atoms with Gasteiger partial charge in [0.2, 0.25) is 0 Å². The number of piperidine rings is 1. The van der Waals surface area contributed by atoms with E-state index in [1.54, 1.807) is 11.3 Å². The standard InChI is InChI=1S/C23H32N2O5S2/c1-23(2,3)25-10-8-19(9-11-25)22-24-20(16-31-22)15-28-21-6-4-17(5-7-21)12-18-13-29-32(26,27)30-14-18/h4-7,16,18-19H,8-15H2,1-3H3. The van der Waals surface area contributed by atoms with Gasteiger partial charge in [0.15, 0.2) is 0 Å². The van der Waals surface area contributed by atoms with Gasteiger partial charge in [-0.2, -0.15) is 8.42 Å². The summed E-state index contributed by atoms with van der Waals surface area (Å²) in [4.78, 5) is 7.40. The molecule has 176 valence electrons. The molecule has 1 aromatic carbocycles. The third kappa shape index (κ3) is 6.29. The van der Waals surface area contributed by atoms with Gasteiger partial charge < -0.3 is 4.74 Å². The molecular formula is C23H32N2O5S2. The smallest absolute Gasteiger partial charge is 0.399 e. The molecule has 4 rings (SSSR count). The molecule has 2 aromatic rings. The normalized spacial score (nSPS) is 21.0. The van der Waals surface area contributed by atoms with E-state index in [4.69, 9.17) is 18.1 Å². The van der Waals surface area contributed by atoms with Gasteiger partial charge in [-0.05, 0) is 70.8 Å². The molecule has 2 fully saturated rings. The zero-order chi connectivity index (χ0) is 22.8. The summed E-state index contributed by atoms with van der Waals surface area (Å²) in [6, 6.07) is 7.86. The van der Waals surface area contributed by atoms with Crippen molar-refractivity contribution in [1.29, 1.82) is 0 Å². The predicted molar refractivity (Wildman–Crippen MR) is 124 cm³/mol. The van der Waals surface area contributed by atoms with Gasteiger partial charge in [-0.1, -0.05) is 12.1 Å². The summed E-state index contributed by atoms with van der Waals surface area (Å²) < 4.78 is 37.7. The summed E-state index contributed by atoms with van der Waals surface area (Å²) in [6.45, 7) is 9.86. The molecule has 3 heterocycles. The molecule has 0 bridgehead atoms. The minimum atomic E-state index is -3.79. The highest BCUT2D eigenvalue weighted by atomic mass is 32.3. The molecule has 0 spiro atoms. The van der Waals surface area contributed by atoms with Crippen molar-refractivity contribution in [3.05, 3.63) is 45.9 Å². The van der Waals surface area contributed by atoms with Gasteiger partial charge in [-0.25, -0.2) is 13.4 Å². The fourth-order valence-electron chi connectivity index (χ4n) is 4.15. The number of thiazole rings is 1. The lowest BCUT2D eigenvalue weighted by molar-refractivity contribution is 0.102. The Hall–Kier alpha value is -1.52. The molecule has 2 saturated heterocycles. The van der Waals surface area contributed by atoms with Crippen LogP contribution in [-0.2, 0) is 31.8 Å². The second-order valence-corrected chi connectivity index (χ2v) is 11.8. The van der Waals surface area contributed by atoms with Crippen molar-refractivity contribution in [1.82, 2.24) is 9.88 Å². The fourth-order valence-corrected chi connectivity index (χ4v) is 5.91. The Bertz CT molecular complexity index is 976. The van der Waals surface area contributed by atoms with E-state index in [0.29, 0.717) is 18.9 Å². The molecule has 2 aliphatic rings. The first-order valence-electron chi connectivity index (χ1n) is 11.1. The van der Waals surface area contributed by atoms with E-state index in [-0.39, 0.29) is 24.7 Å². The quantitative estimate of drug-likeness (QED) is 0.615. The average Bonchev–Trinajstić information content (AvgIpc) is 3.23. The maximum Gasteiger partial charge on any atom is 0.399 e. The van der Waals surface area contributed by atoms with Crippen LogP contribution in [0.25, 0.3) is 0 Å². The number of rotatable bonds is 6. The average molecular weight is 481 g/mol. The lowest BCUT2D eigenvalue weighted by atomic mass is 9.93. The minimum absolute atomic E-state index is 0.0222. The summed E-state index contributed by atoms with van der Waals surface area (Å²) in [6.07, 6.45) is 3.02. The van der Waals surface area contributed by atoms with Gasteiger partial charge in [0.1, 0.15) is 12.4 Å². The zero-order valence-electron chi connectivity index (χ0n) is 19.0. The van der Waals surface area contributed by atoms with Gasteiger partial charge in [0.25, 0.3) is 0 Å². The third-order valence-electron chi connectivity index (χ3n) is 6.09. The molecule has 0 saturated carbocycles. The summed E-state index contributed by atoms with van der Waals surface area (Å²) in [5.74, 6) is 1.36. The molecular weight excluding hydrogens is 448 g/mol. The van der Waals surface area contributed by atoms with Gasteiger partial charge >= 0.3 is 10.4 Å². The van der Waals surface area contributed by atoms with E-state index in [0.717, 1.165) is 42.9 Å². The predicted octanol–water partition coefficient (Wildman–Crippen LogP) is 4.15. The molecule has 0 amide bonds. The molecule has 7 nitrogen and oxygen atoms in total. The monoisotopic (exact) mass is 480 g/mol. The van der Waals surface area contributed by atoms with E-state index >= 15 is 0 Å². The highest BCUT2D eigenvalue weighted by Crippen LogP contribution is 2.33. The lowest BCUT2D eigenvalue weighted by Crippen LogP contribution is -2.45. The number of nitrogens with zero attached hydrogens (tertiary/aromatic N) is 2. The van der Waals surface area contributed by atoms with Crippen molar-refractivity contribution >= 4 is 21.7 Å². The van der Waals surface area contributed by atoms with Crippen LogP contribution in [0.4, 0.5) is 0 Å². The molecule has 9 heteroatoms. The van der Waals surface area contributed by atoms with Crippen molar-refractivity contribution < 1.29 is 21.5 Å². The maximum atomic E-state index is 11.2. The number of benzene rings is 1. The summed E-state index contributed by atoms with van der Waals surface area (Å²) in [5.41, 5.74) is 2.30. The molecule has 0 atom stereocenters. The largest absolute Gasteiger partial charge is 0.487 e. The van der Waals surface area contributed by atoms with Gasteiger partial charge in [0.05, 0.1) is 23.9 Å². The second-order valence-electron chi connectivity index (χ2n) is 9.59. The maximum absolute atomic E-state index is 11.2. The Balaban J connectivity index is 1.24.